The fourth-order valence-electron chi connectivity index (χ4n) is 2.30. The van der Waals surface area contributed by atoms with Crippen LogP contribution in [0.4, 0.5) is 11.5 Å². The number of aromatic nitrogens is 1. The molecule has 0 spiro atoms. The number of hydrogen-bond donors (Lipinski definition) is 2. The van der Waals surface area contributed by atoms with Crippen molar-refractivity contribution in [3.05, 3.63) is 18.3 Å². The van der Waals surface area contributed by atoms with Gasteiger partial charge in [-0.25, -0.2) is 4.98 Å². The van der Waals surface area contributed by atoms with Gasteiger partial charge in [0.2, 0.25) is 0 Å². The maximum Gasteiger partial charge on any atom is 0.123 e. The van der Waals surface area contributed by atoms with Crippen molar-refractivity contribution < 1.29 is 9.84 Å². The molecule has 94 valence electrons. The Morgan fingerprint density at radius 1 is 1.59 bits per heavy atom. The van der Waals surface area contributed by atoms with Crippen molar-refractivity contribution in [3.8, 4) is 0 Å². The monoisotopic (exact) mass is 237 g/mol. The number of aliphatic hydroxyl groups is 1. The van der Waals surface area contributed by atoms with Crippen molar-refractivity contribution in [1.82, 2.24) is 4.98 Å². The largest absolute Gasteiger partial charge is 0.386 e. The summed E-state index contributed by atoms with van der Waals surface area (Å²) in [4.78, 5) is 6.19. The Morgan fingerprint density at radius 3 is 3.06 bits per heavy atom. The molecule has 1 unspecified atom stereocenters. The molecule has 1 aromatic heterocycles. The Hall–Kier alpha value is -1.33. The van der Waals surface area contributed by atoms with E-state index >= 15 is 0 Å². The molecular formula is C12H19N3O2. The Bertz CT molecular complexity index is 365. The zero-order chi connectivity index (χ0) is 12.3. The second kappa shape index (κ2) is 4.89. The van der Waals surface area contributed by atoms with Crippen LogP contribution in [0.15, 0.2) is 18.3 Å². The zero-order valence-electron chi connectivity index (χ0n) is 10.1. The number of anilines is 2. The molecule has 5 heteroatoms. The van der Waals surface area contributed by atoms with Gasteiger partial charge in [0, 0.05) is 20.2 Å². The average molecular weight is 237 g/mol. The standard InChI is InChI=1S/C12H19N3O2/c1-17-9-12(16)5-2-6-15(8-12)10-3-4-11(13)14-7-10/h3-4,7,16H,2,5-6,8-9H2,1H3,(H2,13,14). The number of nitrogens with two attached hydrogens (primary N) is 1. The summed E-state index contributed by atoms with van der Waals surface area (Å²) >= 11 is 0. The maximum absolute atomic E-state index is 10.3. The van der Waals surface area contributed by atoms with Crippen LogP contribution in [-0.2, 0) is 4.74 Å². The van der Waals surface area contributed by atoms with E-state index in [-0.39, 0.29) is 0 Å². The molecule has 2 heterocycles. The van der Waals surface area contributed by atoms with Crippen LogP contribution in [0, 0.1) is 0 Å². The summed E-state index contributed by atoms with van der Waals surface area (Å²) in [6, 6.07) is 3.71. The van der Waals surface area contributed by atoms with E-state index in [1.165, 1.54) is 0 Å². The van der Waals surface area contributed by atoms with Crippen molar-refractivity contribution in [2.75, 3.05) is 37.4 Å². The van der Waals surface area contributed by atoms with E-state index in [0.29, 0.717) is 19.0 Å². The Kier molecular flexibility index (Phi) is 3.49. The van der Waals surface area contributed by atoms with Gasteiger partial charge in [0.25, 0.3) is 0 Å². The van der Waals surface area contributed by atoms with Crippen molar-refractivity contribution in [3.63, 3.8) is 0 Å². The van der Waals surface area contributed by atoms with E-state index in [0.717, 1.165) is 25.1 Å². The third-order valence-electron chi connectivity index (χ3n) is 3.10. The van der Waals surface area contributed by atoms with E-state index < -0.39 is 5.60 Å². The van der Waals surface area contributed by atoms with E-state index in [9.17, 15) is 5.11 Å². The molecule has 5 nitrogen and oxygen atoms in total. The lowest BCUT2D eigenvalue weighted by molar-refractivity contribution is -0.0393. The van der Waals surface area contributed by atoms with Crippen LogP contribution in [-0.4, -0.2) is 42.5 Å². The number of nitrogens with zero attached hydrogens (tertiary/aromatic N) is 2. The number of piperidine rings is 1. The minimum atomic E-state index is -0.756. The van der Waals surface area contributed by atoms with Gasteiger partial charge >= 0.3 is 0 Å². The molecule has 1 aromatic rings. The van der Waals surface area contributed by atoms with Gasteiger partial charge in [0.15, 0.2) is 0 Å². The molecule has 1 saturated heterocycles. The number of ether oxygens (including phenoxy) is 1. The lowest BCUT2D eigenvalue weighted by Gasteiger charge is -2.39. The lowest BCUT2D eigenvalue weighted by Crippen LogP contribution is -2.51. The number of rotatable bonds is 3. The molecule has 1 aliphatic rings. The number of nitrogen functional groups attached to an aromatic ring is 1. The summed E-state index contributed by atoms with van der Waals surface area (Å²) in [5.74, 6) is 0.512. The average Bonchev–Trinajstić information content (AvgIpc) is 2.30. The highest BCUT2D eigenvalue weighted by atomic mass is 16.5. The first-order valence-electron chi connectivity index (χ1n) is 5.81. The zero-order valence-corrected chi connectivity index (χ0v) is 10.1. The molecule has 0 radical (unpaired) electrons. The SMILES string of the molecule is COCC1(O)CCCN(c2ccc(N)nc2)C1. The van der Waals surface area contributed by atoms with Crippen LogP contribution in [0.3, 0.4) is 0 Å². The molecule has 1 atom stereocenters. The van der Waals surface area contributed by atoms with Gasteiger partial charge in [-0.05, 0) is 25.0 Å². The highest BCUT2D eigenvalue weighted by Gasteiger charge is 2.33. The molecule has 0 saturated carbocycles. The van der Waals surface area contributed by atoms with Crippen LogP contribution in [0.25, 0.3) is 0 Å². The molecule has 0 bridgehead atoms. The first-order chi connectivity index (χ1) is 8.13. The lowest BCUT2D eigenvalue weighted by atomic mass is 9.93. The number of methoxy groups -OCH3 is 1. The van der Waals surface area contributed by atoms with E-state index in [2.05, 4.69) is 9.88 Å². The molecule has 17 heavy (non-hydrogen) atoms. The van der Waals surface area contributed by atoms with Gasteiger partial charge < -0.3 is 20.5 Å². The Morgan fingerprint density at radius 2 is 2.41 bits per heavy atom. The van der Waals surface area contributed by atoms with Gasteiger partial charge in [-0.2, -0.15) is 0 Å². The normalized spacial score (nSPS) is 24.9. The van der Waals surface area contributed by atoms with Crippen molar-refractivity contribution in [2.45, 2.75) is 18.4 Å². The third kappa shape index (κ3) is 2.87. The maximum atomic E-state index is 10.3. The molecule has 2 rings (SSSR count). The van der Waals surface area contributed by atoms with Gasteiger partial charge in [0.05, 0.1) is 18.5 Å². The first-order valence-corrected chi connectivity index (χ1v) is 5.81. The van der Waals surface area contributed by atoms with E-state index in [4.69, 9.17) is 10.5 Å². The summed E-state index contributed by atoms with van der Waals surface area (Å²) in [6.07, 6.45) is 3.47. The summed E-state index contributed by atoms with van der Waals surface area (Å²) in [7, 11) is 1.61. The Labute approximate surface area is 101 Å². The van der Waals surface area contributed by atoms with Crippen LogP contribution in [0.1, 0.15) is 12.8 Å². The highest BCUT2D eigenvalue weighted by molar-refractivity contribution is 5.48. The van der Waals surface area contributed by atoms with Crippen LogP contribution in [0.5, 0.6) is 0 Å². The van der Waals surface area contributed by atoms with Gasteiger partial charge in [-0.1, -0.05) is 0 Å². The van der Waals surface area contributed by atoms with E-state index in [1.807, 2.05) is 6.07 Å². The molecule has 1 fully saturated rings. The summed E-state index contributed by atoms with van der Waals surface area (Å²) in [5.41, 5.74) is 5.80. The van der Waals surface area contributed by atoms with Crippen molar-refractivity contribution in [2.24, 2.45) is 0 Å². The predicted molar refractivity (Wildman–Crippen MR) is 66.9 cm³/mol. The topological polar surface area (TPSA) is 71.6 Å². The van der Waals surface area contributed by atoms with Crippen molar-refractivity contribution >= 4 is 11.5 Å². The molecule has 0 aromatic carbocycles. The first kappa shape index (κ1) is 12.1. The van der Waals surface area contributed by atoms with Crippen LogP contribution < -0.4 is 10.6 Å². The van der Waals surface area contributed by atoms with E-state index in [1.54, 1.807) is 19.4 Å². The second-order valence-electron chi connectivity index (χ2n) is 4.62. The Balaban J connectivity index is 2.09. The predicted octanol–water partition coefficient (Wildman–Crippen LogP) is 0.642. The molecular weight excluding hydrogens is 218 g/mol. The molecule has 0 amide bonds. The smallest absolute Gasteiger partial charge is 0.123 e. The molecule has 1 aliphatic heterocycles. The van der Waals surface area contributed by atoms with Gasteiger partial charge in [0.1, 0.15) is 11.4 Å². The van der Waals surface area contributed by atoms with Gasteiger partial charge in [-0.3, -0.25) is 0 Å². The summed E-state index contributed by atoms with van der Waals surface area (Å²) in [6.45, 7) is 1.87. The summed E-state index contributed by atoms with van der Waals surface area (Å²) in [5, 5.41) is 10.3. The molecule has 3 N–H and O–H groups in total. The minimum absolute atomic E-state index is 0.367. The number of β-amino-alcohol motifs (C(OH)–C–C–N with tert-alkyl or cyclic N) is 1. The minimum Gasteiger partial charge on any atom is -0.386 e. The third-order valence-corrected chi connectivity index (χ3v) is 3.10. The highest BCUT2D eigenvalue weighted by Crippen LogP contribution is 2.26. The second-order valence-corrected chi connectivity index (χ2v) is 4.62. The number of pyridine rings is 1. The van der Waals surface area contributed by atoms with Crippen LogP contribution >= 0.6 is 0 Å². The van der Waals surface area contributed by atoms with Gasteiger partial charge in [-0.15, -0.1) is 0 Å². The van der Waals surface area contributed by atoms with Crippen LogP contribution in [0.2, 0.25) is 0 Å². The fraction of sp³-hybridized carbons (Fsp3) is 0.583. The number of hydrogen-bond acceptors (Lipinski definition) is 5. The quantitative estimate of drug-likeness (QED) is 0.807. The summed E-state index contributed by atoms with van der Waals surface area (Å²) < 4.78 is 5.08. The fourth-order valence-corrected chi connectivity index (χ4v) is 2.30. The molecule has 0 aliphatic carbocycles. The van der Waals surface area contributed by atoms with Crippen molar-refractivity contribution in [1.29, 1.82) is 0 Å².